The van der Waals surface area contributed by atoms with Gasteiger partial charge >= 0.3 is 0 Å². The Hall–Kier alpha value is -3.33. The zero-order chi connectivity index (χ0) is 17.8. The molecule has 0 radical (unpaired) electrons. The molecule has 1 heterocycles. The highest BCUT2D eigenvalue weighted by atomic mass is 19.1. The average molecular weight is 344 g/mol. The van der Waals surface area contributed by atoms with Gasteiger partial charge in [-0.15, -0.1) is 0 Å². The van der Waals surface area contributed by atoms with Crippen molar-refractivity contribution < 1.29 is 13.5 Å². The molecule has 3 aromatic carbocycles. The molecule has 3 heteroatoms. The standard InChI is InChI=1S/C23H17FO2/c24-21-20(18-12-6-2-7-13-18)23(25-16-17-10-4-1-5-11-17)26-22(21)19-14-8-3-9-15-19/h1-15H,16H2. The summed E-state index contributed by atoms with van der Waals surface area (Å²) in [6.45, 7) is 0.307. The molecule has 4 aromatic rings. The highest BCUT2D eigenvalue weighted by Crippen LogP contribution is 2.41. The molecule has 0 bridgehead atoms. The van der Waals surface area contributed by atoms with Crippen molar-refractivity contribution in [3.8, 4) is 28.4 Å². The maximum Gasteiger partial charge on any atom is 0.296 e. The van der Waals surface area contributed by atoms with E-state index >= 15 is 4.39 Å². The smallest absolute Gasteiger partial charge is 0.296 e. The molecule has 128 valence electrons. The molecule has 0 aliphatic heterocycles. The molecule has 0 unspecified atom stereocenters. The maximum atomic E-state index is 15.2. The van der Waals surface area contributed by atoms with E-state index in [1.165, 1.54) is 0 Å². The van der Waals surface area contributed by atoms with Crippen molar-refractivity contribution in [3.63, 3.8) is 0 Å². The van der Waals surface area contributed by atoms with Crippen LogP contribution in [-0.2, 0) is 6.61 Å². The molecule has 0 saturated carbocycles. The average Bonchev–Trinajstić information content (AvgIpc) is 3.05. The fraction of sp³-hybridized carbons (Fsp3) is 0.0435. The minimum absolute atomic E-state index is 0.188. The summed E-state index contributed by atoms with van der Waals surface area (Å²) in [5, 5.41) is 0. The Labute approximate surface area is 151 Å². The number of benzene rings is 3. The fourth-order valence-electron chi connectivity index (χ4n) is 2.84. The lowest BCUT2D eigenvalue weighted by molar-refractivity contribution is 0.236. The van der Waals surface area contributed by atoms with Crippen molar-refractivity contribution in [1.29, 1.82) is 0 Å². The minimum atomic E-state index is -0.412. The molecule has 0 atom stereocenters. The van der Waals surface area contributed by atoms with E-state index in [9.17, 15) is 0 Å². The van der Waals surface area contributed by atoms with E-state index in [-0.39, 0.29) is 11.7 Å². The monoisotopic (exact) mass is 344 g/mol. The van der Waals surface area contributed by atoms with Crippen LogP contribution in [0.1, 0.15) is 5.56 Å². The van der Waals surface area contributed by atoms with Crippen LogP contribution in [0.2, 0.25) is 0 Å². The van der Waals surface area contributed by atoms with Gasteiger partial charge < -0.3 is 9.15 Å². The van der Waals surface area contributed by atoms with Gasteiger partial charge in [-0.3, -0.25) is 0 Å². The first kappa shape index (κ1) is 16.2. The third-order valence-corrected chi connectivity index (χ3v) is 4.13. The molecule has 0 spiro atoms. The summed E-state index contributed by atoms with van der Waals surface area (Å²) in [6.07, 6.45) is 0. The van der Waals surface area contributed by atoms with Crippen LogP contribution in [0.4, 0.5) is 4.39 Å². The molecular formula is C23H17FO2. The van der Waals surface area contributed by atoms with E-state index in [0.29, 0.717) is 17.7 Å². The predicted octanol–water partition coefficient (Wildman–Crippen LogP) is 6.33. The number of hydrogen-bond donors (Lipinski definition) is 0. The predicted molar refractivity (Wildman–Crippen MR) is 100 cm³/mol. The summed E-state index contributed by atoms with van der Waals surface area (Å²) >= 11 is 0. The molecule has 4 rings (SSSR count). The molecule has 1 aromatic heterocycles. The van der Waals surface area contributed by atoms with Gasteiger partial charge in [0.25, 0.3) is 5.95 Å². The molecule has 0 aliphatic rings. The number of rotatable bonds is 5. The van der Waals surface area contributed by atoms with E-state index in [1.54, 1.807) is 0 Å². The van der Waals surface area contributed by atoms with Crippen LogP contribution in [-0.4, -0.2) is 0 Å². The van der Waals surface area contributed by atoms with Gasteiger partial charge in [0.1, 0.15) is 12.2 Å². The minimum Gasteiger partial charge on any atom is -0.460 e. The molecule has 2 nitrogen and oxygen atoms in total. The van der Waals surface area contributed by atoms with E-state index < -0.39 is 5.82 Å². The second-order valence-corrected chi connectivity index (χ2v) is 5.91. The van der Waals surface area contributed by atoms with Crippen LogP contribution in [0, 0.1) is 5.82 Å². The van der Waals surface area contributed by atoms with Crippen LogP contribution in [0.25, 0.3) is 22.5 Å². The van der Waals surface area contributed by atoms with Crippen LogP contribution >= 0.6 is 0 Å². The van der Waals surface area contributed by atoms with Crippen molar-refractivity contribution in [2.24, 2.45) is 0 Å². The van der Waals surface area contributed by atoms with Crippen molar-refractivity contribution in [3.05, 3.63) is 102 Å². The van der Waals surface area contributed by atoms with E-state index in [2.05, 4.69) is 0 Å². The van der Waals surface area contributed by atoms with Gasteiger partial charge in [-0.1, -0.05) is 91.0 Å². The first-order chi connectivity index (χ1) is 12.8. The Balaban J connectivity index is 1.76. The summed E-state index contributed by atoms with van der Waals surface area (Å²) in [4.78, 5) is 0. The fourth-order valence-corrected chi connectivity index (χ4v) is 2.84. The quantitative estimate of drug-likeness (QED) is 0.422. The number of halogens is 1. The largest absolute Gasteiger partial charge is 0.460 e. The van der Waals surface area contributed by atoms with Crippen LogP contribution in [0.15, 0.2) is 95.4 Å². The van der Waals surface area contributed by atoms with Gasteiger partial charge in [-0.2, -0.15) is 0 Å². The van der Waals surface area contributed by atoms with Gasteiger partial charge in [0, 0.05) is 5.56 Å². The molecule has 26 heavy (non-hydrogen) atoms. The van der Waals surface area contributed by atoms with Gasteiger partial charge in [-0.25, -0.2) is 4.39 Å². The number of hydrogen-bond acceptors (Lipinski definition) is 2. The Morgan fingerprint density at radius 3 is 1.85 bits per heavy atom. The summed E-state index contributed by atoms with van der Waals surface area (Å²) in [6, 6.07) is 28.3. The van der Waals surface area contributed by atoms with Crippen LogP contribution in [0.3, 0.4) is 0 Å². The lowest BCUT2D eigenvalue weighted by Gasteiger charge is -2.06. The van der Waals surface area contributed by atoms with E-state index in [4.69, 9.17) is 9.15 Å². The van der Waals surface area contributed by atoms with Gasteiger partial charge in [0.15, 0.2) is 11.6 Å². The highest BCUT2D eigenvalue weighted by Gasteiger charge is 2.24. The van der Waals surface area contributed by atoms with Crippen LogP contribution in [0.5, 0.6) is 5.95 Å². The Kier molecular flexibility index (Phi) is 4.52. The summed E-state index contributed by atoms with van der Waals surface area (Å²) in [7, 11) is 0. The lowest BCUT2D eigenvalue weighted by atomic mass is 10.1. The molecule has 0 N–H and O–H groups in total. The van der Waals surface area contributed by atoms with Gasteiger partial charge in [0.05, 0.1) is 0 Å². The zero-order valence-electron chi connectivity index (χ0n) is 14.1. The topological polar surface area (TPSA) is 22.4 Å². The summed E-state index contributed by atoms with van der Waals surface area (Å²) in [5.41, 5.74) is 2.74. The summed E-state index contributed by atoms with van der Waals surface area (Å²) < 4.78 is 26.9. The zero-order valence-corrected chi connectivity index (χ0v) is 14.1. The van der Waals surface area contributed by atoms with E-state index in [0.717, 1.165) is 11.1 Å². The Morgan fingerprint density at radius 2 is 1.23 bits per heavy atom. The number of furan rings is 1. The molecular weight excluding hydrogens is 327 g/mol. The third kappa shape index (κ3) is 3.24. The molecule has 0 aliphatic carbocycles. The molecule has 0 saturated heterocycles. The second kappa shape index (κ2) is 7.28. The van der Waals surface area contributed by atoms with Gasteiger partial charge in [-0.05, 0) is 11.1 Å². The summed E-state index contributed by atoms with van der Waals surface area (Å²) in [5.74, 6) is -0.0330. The Morgan fingerprint density at radius 1 is 0.692 bits per heavy atom. The Bertz CT molecular complexity index is 977. The normalized spacial score (nSPS) is 10.7. The SMILES string of the molecule is Fc1c(-c2ccccc2)oc(OCc2ccccc2)c1-c1ccccc1. The molecule has 0 fully saturated rings. The van der Waals surface area contributed by atoms with Crippen molar-refractivity contribution in [2.45, 2.75) is 6.61 Å². The van der Waals surface area contributed by atoms with Crippen molar-refractivity contribution in [2.75, 3.05) is 0 Å². The third-order valence-electron chi connectivity index (χ3n) is 4.13. The highest BCUT2D eigenvalue weighted by molar-refractivity contribution is 5.75. The second-order valence-electron chi connectivity index (χ2n) is 5.91. The first-order valence-corrected chi connectivity index (χ1v) is 8.43. The molecule has 0 amide bonds. The van der Waals surface area contributed by atoms with Crippen molar-refractivity contribution in [1.82, 2.24) is 0 Å². The van der Waals surface area contributed by atoms with Crippen LogP contribution < -0.4 is 4.74 Å². The van der Waals surface area contributed by atoms with Crippen molar-refractivity contribution >= 4 is 0 Å². The lowest BCUT2D eigenvalue weighted by Crippen LogP contribution is -1.95. The number of ether oxygens (including phenoxy) is 1. The van der Waals surface area contributed by atoms with E-state index in [1.807, 2.05) is 91.0 Å². The first-order valence-electron chi connectivity index (χ1n) is 8.43. The van der Waals surface area contributed by atoms with Gasteiger partial charge in [0.2, 0.25) is 0 Å². The maximum absolute atomic E-state index is 15.2.